The highest BCUT2D eigenvalue weighted by Gasteiger charge is 2.21. The van der Waals surface area contributed by atoms with Crippen LogP contribution in [0.5, 0.6) is 5.75 Å². The van der Waals surface area contributed by atoms with E-state index in [2.05, 4.69) is 36.3 Å². The molecule has 1 saturated heterocycles. The lowest BCUT2D eigenvalue weighted by Crippen LogP contribution is -2.50. The average Bonchev–Trinajstić information content (AvgIpc) is 2.62. The van der Waals surface area contributed by atoms with Crippen LogP contribution in [-0.2, 0) is 0 Å². The summed E-state index contributed by atoms with van der Waals surface area (Å²) in [6.07, 6.45) is 2.25. The number of piperidine rings is 1. The average molecular weight is 381 g/mol. The molecule has 0 spiro atoms. The van der Waals surface area contributed by atoms with E-state index in [4.69, 9.17) is 21.3 Å². The third-order valence-corrected chi connectivity index (χ3v) is 4.93. The highest BCUT2D eigenvalue weighted by molar-refractivity contribution is 6.32. The molecule has 0 aromatic heterocycles. The normalized spacial score (nSPS) is 18.0. The summed E-state index contributed by atoms with van der Waals surface area (Å²) >= 11 is 6.15. The van der Waals surface area contributed by atoms with Crippen molar-refractivity contribution >= 4 is 17.6 Å². The number of halogens is 1. The maximum absolute atomic E-state index is 6.15. The zero-order valence-corrected chi connectivity index (χ0v) is 17.2. The van der Waals surface area contributed by atoms with E-state index in [1.807, 2.05) is 31.2 Å². The minimum absolute atomic E-state index is 0.0480. The largest absolute Gasteiger partial charge is 0.487 e. The first-order valence-electron chi connectivity index (χ1n) is 9.69. The number of hydrogen-bond donors (Lipinski definition) is 2. The fourth-order valence-electron chi connectivity index (χ4n) is 3.09. The maximum Gasteiger partial charge on any atom is 0.191 e. The smallest absolute Gasteiger partial charge is 0.191 e. The van der Waals surface area contributed by atoms with Gasteiger partial charge in [0.05, 0.1) is 11.6 Å². The van der Waals surface area contributed by atoms with E-state index >= 15 is 0 Å². The third-order valence-electron chi connectivity index (χ3n) is 4.62. The Morgan fingerprint density at radius 2 is 1.96 bits per heavy atom. The highest BCUT2D eigenvalue weighted by atomic mass is 35.5. The van der Waals surface area contributed by atoms with E-state index in [1.54, 1.807) is 0 Å². The van der Waals surface area contributed by atoms with Crippen LogP contribution in [0.25, 0.3) is 0 Å². The van der Waals surface area contributed by atoms with E-state index in [1.165, 1.54) is 0 Å². The second-order valence-electron chi connectivity index (χ2n) is 7.13. The molecule has 1 aliphatic rings. The van der Waals surface area contributed by atoms with Crippen molar-refractivity contribution in [2.75, 3.05) is 26.2 Å². The first kappa shape index (κ1) is 20.8. The lowest BCUT2D eigenvalue weighted by Gasteiger charge is -2.35. The predicted octanol–water partition coefficient (Wildman–Crippen LogP) is 3.54. The van der Waals surface area contributed by atoms with Gasteiger partial charge in [0.2, 0.25) is 0 Å². The summed E-state index contributed by atoms with van der Waals surface area (Å²) < 4.78 is 5.90. The first-order chi connectivity index (χ1) is 12.5. The van der Waals surface area contributed by atoms with Crippen LogP contribution < -0.4 is 15.4 Å². The molecule has 0 amide bonds. The van der Waals surface area contributed by atoms with Crippen LogP contribution in [-0.4, -0.2) is 55.2 Å². The van der Waals surface area contributed by atoms with Crippen LogP contribution in [0.4, 0.5) is 0 Å². The molecule has 6 heteroatoms. The molecule has 1 aliphatic heterocycles. The van der Waals surface area contributed by atoms with Crippen LogP contribution in [0.2, 0.25) is 5.02 Å². The summed E-state index contributed by atoms with van der Waals surface area (Å²) in [6.45, 7) is 12.3. The molecule has 5 nitrogen and oxygen atoms in total. The second-order valence-corrected chi connectivity index (χ2v) is 7.53. The molecular weight excluding hydrogens is 348 g/mol. The van der Waals surface area contributed by atoms with Gasteiger partial charge >= 0.3 is 0 Å². The van der Waals surface area contributed by atoms with Crippen molar-refractivity contribution in [3.8, 4) is 5.75 Å². The van der Waals surface area contributed by atoms with Crippen molar-refractivity contribution in [3.05, 3.63) is 29.3 Å². The second kappa shape index (κ2) is 10.6. The standard InChI is InChI=1S/C20H33ClN4O/c1-5-22-20(24-17-10-12-25(13-11-17)15(2)3)23-14-16(4)26-19-9-7-6-8-18(19)21/h6-9,15-17H,5,10-14H2,1-4H3,(H2,22,23,24). The number of ether oxygens (including phenoxy) is 1. The van der Waals surface area contributed by atoms with Crippen molar-refractivity contribution in [2.45, 2.75) is 58.7 Å². The Morgan fingerprint density at radius 3 is 2.58 bits per heavy atom. The Balaban J connectivity index is 1.85. The van der Waals surface area contributed by atoms with Gasteiger partial charge in [0.25, 0.3) is 0 Å². The third kappa shape index (κ3) is 6.69. The summed E-state index contributed by atoms with van der Waals surface area (Å²) in [6, 6.07) is 8.64. The topological polar surface area (TPSA) is 48.9 Å². The van der Waals surface area contributed by atoms with Crippen molar-refractivity contribution in [1.29, 1.82) is 0 Å². The molecule has 1 atom stereocenters. The van der Waals surface area contributed by atoms with Crippen LogP contribution in [0.3, 0.4) is 0 Å². The number of nitrogens with zero attached hydrogens (tertiary/aromatic N) is 2. The Kier molecular flexibility index (Phi) is 8.52. The van der Waals surface area contributed by atoms with Gasteiger partial charge in [-0.2, -0.15) is 0 Å². The van der Waals surface area contributed by atoms with Gasteiger partial charge in [0.1, 0.15) is 11.9 Å². The SMILES string of the molecule is CCNC(=NCC(C)Oc1ccccc1Cl)NC1CCN(C(C)C)CC1. The minimum atomic E-state index is -0.0480. The number of likely N-dealkylation sites (tertiary alicyclic amines) is 1. The zero-order valence-electron chi connectivity index (χ0n) is 16.5. The molecule has 2 N–H and O–H groups in total. The molecule has 1 aromatic rings. The van der Waals surface area contributed by atoms with E-state index < -0.39 is 0 Å². The Bertz CT molecular complexity index is 571. The molecule has 2 rings (SSSR count). The fraction of sp³-hybridized carbons (Fsp3) is 0.650. The summed E-state index contributed by atoms with van der Waals surface area (Å²) in [4.78, 5) is 7.23. The van der Waals surface area contributed by atoms with Crippen molar-refractivity contribution in [1.82, 2.24) is 15.5 Å². The van der Waals surface area contributed by atoms with E-state index in [0.717, 1.165) is 38.4 Å². The Hall–Kier alpha value is -1.46. The van der Waals surface area contributed by atoms with E-state index in [-0.39, 0.29) is 6.10 Å². The summed E-state index contributed by atoms with van der Waals surface area (Å²) in [7, 11) is 0. The van der Waals surface area contributed by atoms with Gasteiger partial charge in [0.15, 0.2) is 5.96 Å². The van der Waals surface area contributed by atoms with Gasteiger partial charge in [-0.3, -0.25) is 0 Å². The van der Waals surface area contributed by atoms with Gasteiger partial charge in [-0.15, -0.1) is 0 Å². The molecule has 1 aromatic carbocycles. The number of benzene rings is 1. The van der Waals surface area contributed by atoms with Gasteiger partial charge in [-0.25, -0.2) is 4.99 Å². The monoisotopic (exact) mass is 380 g/mol. The van der Waals surface area contributed by atoms with Crippen LogP contribution >= 0.6 is 11.6 Å². The molecule has 1 unspecified atom stereocenters. The molecule has 0 radical (unpaired) electrons. The van der Waals surface area contributed by atoms with Crippen molar-refractivity contribution in [2.24, 2.45) is 4.99 Å². The van der Waals surface area contributed by atoms with E-state index in [9.17, 15) is 0 Å². The number of guanidine groups is 1. The molecule has 26 heavy (non-hydrogen) atoms. The van der Waals surface area contributed by atoms with Crippen molar-refractivity contribution < 1.29 is 4.74 Å². The molecule has 1 heterocycles. The maximum atomic E-state index is 6.15. The Labute approximate surface area is 163 Å². The molecule has 0 bridgehead atoms. The molecule has 146 valence electrons. The quantitative estimate of drug-likeness (QED) is 0.561. The van der Waals surface area contributed by atoms with Gasteiger partial charge in [-0.05, 0) is 52.7 Å². The van der Waals surface area contributed by atoms with Crippen molar-refractivity contribution in [3.63, 3.8) is 0 Å². The lowest BCUT2D eigenvalue weighted by molar-refractivity contribution is 0.167. The molecule has 1 fully saturated rings. The molecule has 0 saturated carbocycles. The molecule has 0 aliphatic carbocycles. The van der Waals surface area contributed by atoms with Crippen LogP contribution in [0.15, 0.2) is 29.3 Å². The minimum Gasteiger partial charge on any atom is -0.487 e. The fourth-order valence-corrected chi connectivity index (χ4v) is 3.27. The highest BCUT2D eigenvalue weighted by Crippen LogP contribution is 2.24. The first-order valence-corrected chi connectivity index (χ1v) is 10.1. The van der Waals surface area contributed by atoms with Gasteiger partial charge < -0.3 is 20.3 Å². The van der Waals surface area contributed by atoms with E-state index in [0.29, 0.717) is 29.4 Å². The lowest BCUT2D eigenvalue weighted by atomic mass is 10.0. The molecular formula is C20H33ClN4O. The van der Waals surface area contributed by atoms with Crippen LogP contribution in [0.1, 0.15) is 40.5 Å². The predicted molar refractivity (Wildman–Crippen MR) is 110 cm³/mol. The summed E-state index contributed by atoms with van der Waals surface area (Å²) in [5.41, 5.74) is 0. The number of para-hydroxylation sites is 1. The zero-order chi connectivity index (χ0) is 18.9. The number of hydrogen-bond acceptors (Lipinski definition) is 3. The number of aliphatic imine (C=N–C) groups is 1. The van der Waals surface area contributed by atoms with Crippen LogP contribution in [0, 0.1) is 0 Å². The Morgan fingerprint density at radius 1 is 1.27 bits per heavy atom. The van der Waals surface area contributed by atoms with Gasteiger partial charge in [-0.1, -0.05) is 23.7 Å². The van der Waals surface area contributed by atoms with Gasteiger partial charge in [0, 0.05) is 31.7 Å². The number of rotatable bonds is 7. The summed E-state index contributed by atoms with van der Waals surface area (Å²) in [5, 5.41) is 7.55. The number of nitrogens with one attached hydrogen (secondary N) is 2. The summed E-state index contributed by atoms with van der Waals surface area (Å²) in [5.74, 6) is 1.57.